The molecule has 0 atom stereocenters. The minimum atomic E-state index is -0.248. The van der Waals surface area contributed by atoms with Gasteiger partial charge in [0.1, 0.15) is 5.82 Å². The largest absolute Gasteiger partial charge is 0.309 e. The number of para-hydroxylation sites is 3. The van der Waals surface area contributed by atoms with E-state index in [4.69, 9.17) is 9.97 Å². The van der Waals surface area contributed by atoms with Gasteiger partial charge in [-0.1, -0.05) is 140 Å². The highest BCUT2D eigenvalue weighted by molar-refractivity contribution is 6.25. The number of hydrogen-bond acceptors (Lipinski definition) is 2. The zero-order valence-electron chi connectivity index (χ0n) is 33.9. The van der Waals surface area contributed by atoms with E-state index in [2.05, 4.69) is 173 Å². The molecular formula is C58H35FN4. The van der Waals surface area contributed by atoms with Gasteiger partial charge in [-0.2, -0.15) is 0 Å². The lowest BCUT2D eigenvalue weighted by atomic mass is 9.92. The number of aromatic nitrogens is 4. The lowest BCUT2D eigenvalue weighted by Crippen LogP contribution is -2.04. The topological polar surface area (TPSA) is 35.6 Å². The lowest BCUT2D eigenvalue weighted by Gasteiger charge is -2.14. The fourth-order valence-corrected chi connectivity index (χ4v) is 9.90. The molecule has 294 valence electrons. The zero-order valence-corrected chi connectivity index (χ0v) is 33.9. The van der Waals surface area contributed by atoms with E-state index in [1.165, 1.54) is 21.8 Å². The first-order chi connectivity index (χ1) is 31.1. The highest BCUT2D eigenvalue weighted by Crippen LogP contribution is 2.40. The third-order valence-electron chi connectivity index (χ3n) is 12.8. The molecule has 0 bridgehead atoms. The number of rotatable bonds is 5. The van der Waals surface area contributed by atoms with Crippen molar-refractivity contribution in [1.29, 1.82) is 0 Å². The van der Waals surface area contributed by atoms with Crippen molar-refractivity contribution in [2.45, 2.75) is 0 Å². The molecule has 0 N–H and O–H groups in total. The number of fused-ring (bicyclic) bond motifs is 12. The molecule has 0 amide bonds. The monoisotopic (exact) mass is 806 g/mol. The van der Waals surface area contributed by atoms with Crippen molar-refractivity contribution in [2.75, 3.05) is 0 Å². The van der Waals surface area contributed by atoms with Crippen LogP contribution in [0.3, 0.4) is 0 Å². The Hall–Kier alpha value is -8.41. The number of hydrogen-bond donors (Lipinski definition) is 0. The molecule has 0 aliphatic heterocycles. The van der Waals surface area contributed by atoms with Crippen LogP contribution in [0, 0.1) is 5.82 Å². The Morgan fingerprint density at radius 3 is 1.41 bits per heavy atom. The predicted octanol–water partition coefficient (Wildman–Crippen LogP) is 15.3. The summed E-state index contributed by atoms with van der Waals surface area (Å²) in [6, 6.07) is 73.6. The Balaban J connectivity index is 1.01. The van der Waals surface area contributed by atoms with Gasteiger partial charge in [-0.25, -0.2) is 14.4 Å². The molecule has 4 nitrogen and oxygen atoms in total. The minimum absolute atomic E-state index is 0.248. The second-order valence-corrected chi connectivity index (χ2v) is 16.3. The van der Waals surface area contributed by atoms with Gasteiger partial charge < -0.3 is 4.57 Å². The Morgan fingerprint density at radius 2 is 0.730 bits per heavy atom. The molecule has 0 fully saturated rings. The van der Waals surface area contributed by atoms with E-state index in [1.54, 1.807) is 12.1 Å². The van der Waals surface area contributed by atoms with E-state index in [9.17, 15) is 4.39 Å². The number of benzene rings is 10. The molecular weight excluding hydrogens is 772 g/mol. The van der Waals surface area contributed by atoms with E-state index < -0.39 is 0 Å². The third-order valence-corrected chi connectivity index (χ3v) is 12.8. The molecule has 0 aliphatic carbocycles. The van der Waals surface area contributed by atoms with E-state index in [-0.39, 0.29) is 5.82 Å². The van der Waals surface area contributed by atoms with E-state index in [0.717, 1.165) is 93.5 Å². The first kappa shape index (κ1) is 35.4. The van der Waals surface area contributed by atoms with Crippen LogP contribution in [0.5, 0.6) is 0 Å². The fraction of sp³-hybridized carbons (Fsp3) is 0. The van der Waals surface area contributed by atoms with Gasteiger partial charge in [0.2, 0.25) is 5.95 Å². The molecule has 3 heterocycles. The predicted molar refractivity (Wildman–Crippen MR) is 259 cm³/mol. The summed E-state index contributed by atoms with van der Waals surface area (Å²) in [6.45, 7) is 0. The van der Waals surface area contributed by atoms with Crippen molar-refractivity contribution in [3.63, 3.8) is 0 Å². The molecule has 0 unspecified atom stereocenters. The highest BCUT2D eigenvalue weighted by Gasteiger charge is 2.20. The van der Waals surface area contributed by atoms with Crippen LogP contribution in [0.25, 0.3) is 121 Å². The molecule has 10 aromatic carbocycles. The van der Waals surface area contributed by atoms with Gasteiger partial charge in [0.05, 0.1) is 33.5 Å². The number of halogens is 1. The van der Waals surface area contributed by atoms with Crippen LogP contribution in [-0.4, -0.2) is 19.1 Å². The molecule has 0 saturated carbocycles. The van der Waals surface area contributed by atoms with E-state index >= 15 is 0 Å². The second kappa shape index (κ2) is 13.8. The van der Waals surface area contributed by atoms with Gasteiger partial charge in [0.15, 0.2) is 0 Å². The van der Waals surface area contributed by atoms with Gasteiger partial charge in [-0.15, -0.1) is 0 Å². The average Bonchev–Trinajstić information content (AvgIpc) is 3.86. The van der Waals surface area contributed by atoms with Crippen LogP contribution in [0.1, 0.15) is 0 Å². The first-order valence-electron chi connectivity index (χ1n) is 21.3. The van der Waals surface area contributed by atoms with Crippen LogP contribution in [-0.2, 0) is 0 Å². The van der Waals surface area contributed by atoms with Crippen LogP contribution >= 0.6 is 0 Å². The standard InChI is InChI=1S/C58H35FN4/c59-40-26-28-45-48-33-39(23-27-44(48)42-17-7-8-18-43(42)49(45)34-40)53-35-52(36-13-3-1-4-14-36)60-58(61-53)63-55-22-12-10-20-47(55)51-32-38(25-30-57(51)63)37-24-29-56-50(31-37)46-19-9-11-21-54(46)62(56)41-15-5-2-6-16-41/h1-35H. The van der Waals surface area contributed by atoms with Crippen molar-refractivity contribution in [3.8, 4) is 45.3 Å². The Morgan fingerprint density at radius 1 is 0.286 bits per heavy atom. The summed E-state index contributed by atoms with van der Waals surface area (Å²) in [7, 11) is 0. The average molecular weight is 807 g/mol. The molecule has 13 aromatic rings. The van der Waals surface area contributed by atoms with Gasteiger partial charge in [0, 0.05) is 38.4 Å². The summed E-state index contributed by atoms with van der Waals surface area (Å²) in [6.07, 6.45) is 0. The maximum absolute atomic E-state index is 14.8. The number of nitrogens with zero attached hydrogens (tertiary/aromatic N) is 4. The molecule has 0 aliphatic rings. The van der Waals surface area contributed by atoms with E-state index in [1.807, 2.05) is 36.4 Å². The zero-order chi connectivity index (χ0) is 41.6. The first-order valence-corrected chi connectivity index (χ1v) is 21.3. The minimum Gasteiger partial charge on any atom is -0.309 e. The Kier molecular flexibility index (Phi) is 7.75. The van der Waals surface area contributed by atoms with Crippen LogP contribution < -0.4 is 0 Å². The summed E-state index contributed by atoms with van der Waals surface area (Å²) in [5.74, 6) is 0.341. The van der Waals surface area contributed by atoms with Crippen molar-refractivity contribution >= 4 is 75.9 Å². The molecule has 3 aromatic heterocycles. The third kappa shape index (κ3) is 5.53. The highest BCUT2D eigenvalue weighted by atomic mass is 19.1. The van der Waals surface area contributed by atoms with Crippen LogP contribution in [0.15, 0.2) is 212 Å². The molecule has 63 heavy (non-hydrogen) atoms. The summed E-state index contributed by atoms with van der Waals surface area (Å²) in [5.41, 5.74) is 11.4. The smallest absolute Gasteiger partial charge is 0.235 e. The summed E-state index contributed by atoms with van der Waals surface area (Å²) in [5, 5.41) is 10.9. The van der Waals surface area contributed by atoms with Crippen molar-refractivity contribution in [2.24, 2.45) is 0 Å². The molecule has 0 spiro atoms. The molecule has 0 saturated heterocycles. The van der Waals surface area contributed by atoms with Crippen LogP contribution in [0.2, 0.25) is 0 Å². The SMILES string of the molecule is Fc1ccc2c(c1)c1ccccc1c1ccc(-c3cc(-c4ccccc4)nc(-n4c5ccccc5c5cc(-c6ccc7c(c6)c6ccccc6n7-c6ccccc6)ccc54)n3)cc12. The van der Waals surface area contributed by atoms with E-state index in [0.29, 0.717) is 5.95 Å². The maximum atomic E-state index is 14.8. The van der Waals surface area contributed by atoms with Crippen LogP contribution in [0.4, 0.5) is 4.39 Å². The van der Waals surface area contributed by atoms with Crippen molar-refractivity contribution in [3.05, 3.63) is 218 Å². The summed E-state index contributed by atoms with van der Waals surface area (Å²) in [4.78, 5) is 10.7. The molecule has 0 radical (unpaired) electrons. The maximum Gasteiger partial charge on any atom is 0.235 e. The second-order valence-electron chi connectivity index (χ2n) is 16.3. The van der Waals surface area contributed by atoms with Gasteiger partial charge >= 0.3 is 0 Å². The van der Waals surface area contributed by atoms with Gasteiger partial charge in [0.25, 0.3) is 0 Å². The summed E-state index contributed by atoms with van der Waals surface area (Å²) < 4.78 is 19.3. The van der Waals surface area contributed by atoms with Gasteiger partial charge in [-0.3, -0.25) is 4.57 Å². The Labute approximate surface area is 361 Å². The van der Waals surface area contributed by atoms with Crippen molar-refractivity contribution in [1.82, 2.24) is 19.1 Å². The van der Waals surface area contributed by atoms with Gasteiger partial charge in [-0.05, 0) is 116 Å². The molecule has 13 rings (SSSR count). The molecule has 5 heteroatoms. The quantitative estimate of drug-likeness (QED) is 0.162. The fourth-order valence-electron chi connectivity index (χ4n) is 9.90. The lowest BCUT2D eigenvalue weighted by molar-refractivity contribution is 0.630. The normalized spacial score (nSPS) is 11.9. The summed E-state index contributed by atoms with van der Waals surface area (Å²) >= 11 is 0. The Bertz CT molecular complexity index is 3980. The van der Waals surface area contributed by atoms with Crippen molar-refractivity contribution < 1.29 is 4.39 Å².